The van der Waals surface area contributed by atoms with Gasteiger partial charge in [-0.2, -0.15) is 5.10 Å². The second kappa shape index (κ2) is 7.52. The molecule has 5 rings (SSSR count). The average Bonchev–Trinajstić information content (AvgIpc) is 3.31. The first-order chi connectivity index (χ1) is 13.3. The SMILES string of the molecule is c1nc(NCC2CCCO2)ncc1CN1CCc2nc(C3CC3)nn2CC1. The van der Waals surface area contributed by atoms with Crippen molar-refractivity contribution < 1.29 is 4.74 Å². The number of anilines is 1. The topological polar surface area (TPSA) is 81.0 Å². The predicted octanol–water partition coefficient (Wildman–Crippen LogP) is 1.59. The van der Waals surface area contributed by atoms with E-state index in [-0.39, 0.29) is 0 Å². The second-order valence-electron chi connectivity index (χ2n) is 7.84. The number of aromatic nitrogens is 5. The summed E-state index contributed by atoms with van der Waals surface area (Å²) in [6, 6.07) is 0. The van der Waals surface area contributed by atoms with Crippen LogP contribution in [0, 0.1) is 0 Å². The molecule has 2 fully saturated rings. The Morgan fingerprint density at radius 1 is 1.11 bits per heavy atom. The number of ether oxygens (including phenoxy) is 1. The summed E-state index contributed by atoms with van der Waals surface area (Å²) in [6.45, 7) is 5.43. The average molecular weight is 369 g/mol. The van der Waals surface area contributed by atoms with Gasteiger partial charge in [-0.05, 0) is 25.7 Å². The lowest BCUT2D eigenvalue weighted by molar-refractivity contribution is 0.120. The van der Waals surface area contributed by atoms with Gasteiger partial charge in [-0.3, -0.25) is 4.90 Å². The van der Waals surface area contributed by atoms with Gasteiger partial charge in [0.15, 0.2) is 5.82 Å². The molecule has 3 aliphatic rings. The summed E-state index contributed by atoms with van der Waals surface area (Å²) < 4.78 is 7.73. The first-order valence-electron chi connectivity index (χ1n) is 10.2. The van der Waals surface area contributed by atoms with Crippen LogP contribution in [-0.4, -0.2) is 62.0 Å². The van der Waals surface area contributed by atoms with Crippen molar-refractivity contribution in [2.75, 3.05) is 31.6 Å². The summed E-state index contributed by atoms with van der Waals surface area (Å²) >= 11 is 0. The molecule has 1 N–H and O–H groups in total. The van der Waals surface area contributed by atoms with Gasteiger partial charge in [0.2, 0.25) is 5.95 Å². The zero-order valence-corrected chi connectivity index (χ0v) is 15.7. The fraction of sp³-hybridized carbons (Fsp3) is 0.684. The Bertz CT molecular complexity index is 739. The van der Waals surface area contributed by atoms with Gasteiger partial charge in [-0.25, -0.2) is 19.6 Å². The molecular weight excluding hydrogens is 342 g/mol. The van der Waals surface area contributed by atoms with E-state index in [1.807, 2.05) is 12.4 Å². The highest BCUT2D eigenvalue weighted by atomic mass is 16.5. The van der Waals surface area contributed by atoms with Gasteiger partial charge >= 0.3 is 0 Å². The quantitative estimate of drug-likeness (QED) is 0.828. The number of hydrogen-bond donors (Lipinski definition) is 1. The van der Waals surface area contributed by atoms with Gasteiger partial charge < -0.3 is 10.1 Å². The minimum Gasteiger partial charge on any atom is -0.376 e. The highest BCUT2D eigenvalue weighted by Gasteiger charge is 2.29. The zero-order chi connectivity index (χ0) is 18.1. The third-order valence-corrected chi connectivity index (χ3v) is 5.61. The van der Waals surface area contributed by atoms with Crippen molar-refractivity contribution >= 4 is 5.95 Å². The molecule has 0 radical (unpaired) electrons. The van der Waals surface area contributed by atoms with Crippen LogP contribution in [0.3, 0.4) is 0 Å². The van der Waals surface area contributed by atoms with E-state index in [9.17, 15) is 0 Å². The van der Waals surface area contributed by atoms with Crippen molar-refractivity contribution in [1.82, 2.24) is 29.6 Å². The Labute approximate surface area is 159 Å². The Morgan fingerprint density at radius 2 is 2.00 bits per heavy atom. The van der Waals surface area contributed by atoms with Gasteiger partial charge in [-0.1, -0.05) is 0 Å². The predicted molar refractivity (Wildman–Crippen MR) is 100 cm³/mol. The second-order valence-corrected chi connectivity index (χ2v) is 7.84. The van der Waals surface area contributed by atoms with Crippen LogP contribution in [0.2, 0.25) is 0 Å². The van der Waals surface area contributed by atoms with Crippen molar-refractivity contribution in [3.8, 4) is 0 Å². The van der Waals surface area contributed by atoms with Crippen LogP contribution in [0.15, 0.2) is 12.4 Å². The highest BCUT2D eigenvalue weighted by molar-refractivity contribution is 5.25. The van der Waals surface area contributed by atoms with E-state index in [2.05, 4.69) is 24.9 Å². The molecule has 0 amide bonds. The molecule has 1 saturated heterocycles. The van der Waals surface area contributed by atoms with Crippen LogP contribution in [0.5, 0.6) is 0 Å². The van der Waals surface area contributed by atoms with E-state index >= 15 is 0 Å². The molecule has 4 heterocycles. The third-order valence-electron chi connectivity index (χ3n) is 5.61. The largest absolute Gasteiger partial charge is 0.376 e. The number of hydrogen-bond acceptors (Lipinski definition) is 7. The molecule has 144 valence electrons. The van der Waals surface area contributed by atoms with Gasteiger partial charge in [0.25, 0.3) is 0 Å². The van der Waals surface area contributed by atoms with Gasteiger partial charge in [-0.15, -0.1) is 0 Å². The summed E-state index contributed by atoms with van der Waals surface area (Å²) in [5.74, 6) is 3.52. The van der Waals surface area contributed by atoms with Crippen LogP contribution < -0.4 is 5.32 Å². The van der Waals surface area contributed by atoms with Crippen molar-refractivity contribution in [3.05, 3.63) is 29.6 Å². The molecule has 2 aromatic rings. The fourth-order valence-corrected chi connectivity index (χ4v) is 3.83. The maximum atomic E-state index is 5.62. The maximum absolute atomic E-state index is 5.62. The minimum absolute atomic E-state index is 0.297. The van der Waals surface area contributed by atoms with Crippen LogP contribution >= 0.6 is 0 Å². The molecule has 1 unspecified atom stereocenters. The molecule has 1 saturated carbocycles. The zero-order valence-electron chi connectivity index (χ0n) is 15.7. The van der Waals surface area contributed by atoms with Crippen molar-refractivity contribution in [1.29, 1.82) is 0 Å². The van der Waals surface area contributed by atoms with Crippen LogP contribution in [0.25, 0.3) is 0 Å². The number of nitrogens with zero attached hydrogens (tertiary/aromatic N) is 6. The van der Waals surface area contributed by atoms with Crippen molar-refractivity contribution in [2.24, 2.45) is 0 Å². The smallest absolute Gasteiger partial charge is 0.222 e. The Hall–Kier alpha value is -2.06. The molecule has 2 aliphatic heterocycles. The van der Waals surface area contributed by atoms with Crippen molar-refractivity contribution in [2.45, 2.75) is 57.2 Å². The molecule has 27 heavy (non-hydrogen) atoms. The number of rotatable bonds is 6. The van der Waals surface area contributed by atoms with Crippen LogP contribution in [0.4, 0.5) is 5.95 Å². The monoisotopic (exact) mass is 369 g/mol. The molecule has 8 heteroatoms. The van der Waals surface area contributed by atoms with E-state index < -0.39 is 0 Å². The van der Waals surface area contributed by atoms with E-state index in [0.29, 0.717) is 18.0 Å². The summed E-state index contributed by atoms with van der Waals surface area (Å²) in [4.78, 5) is 16.1. The lowest BCUT2D eigenvalue weighted by Gasteiger charge is -2.19. The maximum Gasteiger partial charge on any atom is 0.222 e. The fourth-order valence-electron chi connectivity index (χ4n) is 3.83. The van der Waals surface area contributed by atoms with Gasteiger partial charge in [0, 0.05) is 63.1 Å². The standard InChI is InChI=1S/C19H27N7O/c1-2-16(27-9-1)12-22-19-20-10-14(11-21-19)13-25-6-5-17-23-18(15-3-4-15)24-26(17)8-7-25/h10-11,15-16H,1-9,12-13H2,(H,20,21,22). The summed E-state index contributed by atoms with van der Waals surface area (Å²) in [5, 5.41) is 7.99. The van der Waals surface area contributed by atoms with Crippen LogP contribution in [-0.2, 0) is 24.2 Å². The normalized spacial score (nSPS) is 23.2. The summed E-state index contributed by atoms with van der Waals surface area (Å²) in [7, 11) is 0. The van der Waals surface area contributed by atoms with E-state index in [4.69, 9.17) is 14.8 Å². The molecule has 0 aromatic carbocycles. The molecule has 0 bridgehead atoms. The molecule has 0 spiro atoms. The molecule has 8 nitrogen and oxygen atoms in total. The summed E-state index contributed by atoms with van der Waals surface area (Å²) in [6.07, 6.45) is 9.90. The minimum atomic E-state index is 0.297. The van der Waals surface area contributed by atoms with E-state index in [1.54, 1.807) is 0 Å². The third kappa shape index (κ3) is 4.11. The Kier molecular flexibility index (Phi) is 4.75. The van der Waals surface area contributed by atoms with E-state index in [1.165, 1.54) is 12.8 Å². The van der Waals surface area contributed by atoms with Crippen molar-refractivity contribution in [3.63, 3.8) is 0 Å². The number of fused-ring (bicyclic) bond motifs is 1. The van der Waals surface area contributed by atoms with E-state index in [0.717, 1.165) is 75.8 Å². The van der Waals surface area contributed by atoms with Crippen LogP contribution in [0.1, 0.15) is 48.8 Å². The molecule has 1 atom stereocenters. The lowest BCUT2D eigenvalue weighted by atomic mass is 10.2. The molecule has 2 aromatic heterocycles. The van der Waals surface area contributed by atoms with Gasteiger partial charge in [0.05, 0.1) is 12.6 Å². The van der Waals surface area contributed by atoms with Gasteiger partial charge in [0.1, 0.15) is 5.82 Å². The highest BCUT2D eigenvalue weighted by Crippen LogP contribution is 2.38. The first-order valence-corrected chi connectivity index (χ1v) is 10.2. The molecule has 1 aliphatic carbocycles. The summed E-state index contributed by atoms with van der Waals surface area (Å²) in [5.41, 5.74) is 1.14. The first kappa shape index (κ1) is 17.1. The lowest BCUT2D eigenvalue weighted by Crippen LogP contribution is -2.27. The number of nitrogens with one attached hydrogen (secondary N) is 1. The Balaban J connectivity index is 1.13. The molecular formula is C19H27N7O. The Morgan fingerprint density at radius 3 is 2.78 bits per heavy atom.